The number of hydrogen-bond donors (Lipinski definition) is 0. The normalized spacial score (nSPS) is 9.89. The van der Waals surface area contributed by atoms with Crippen molar-refractivity contribution in [2.75, 3.05) is 7.11 Å². The van der Waals surface area contributed by atoms with E-state index in [1.54, 1.807) is 0 Å². The molecule has 0 radical (unpaired) electrons. The summed E-state index contributed by atoms with van der Waals surface area (Å²) in [6.07, 6.45) is 1.87. The van der Waals surface area contributed by atoms with Crippen molar-refractivity contribution >= 4 is 11.7 Å². The summed E-state index contributed by atoms with van der Waals surface area (Å²) < 4.78 is 10.0. The predicted molar refractivity (Wildman–Crippen MR) is 64.8 cm³/mol. The Balaban J connectivity index is 2.87. The molecule has 6 nitrogen and oxygen atoms in total. The van der Waals surface area contributed by atoms with Crippen LogP contribution in [0, 0.1) is 10.1 Å². The van der Waals surface area contributed by atoms with Gasteiger partial charge >= 0.3 is 5.97 Å². The van der Waals surface area contributed by atoms with E-state index in [4.69, 9.17) is 9.47 Å². The molecule has 18 heavy (non-hydrogen) atoms. The number of nitrogens with zero attached hydrogens (tertiary/aromatic N) is 1. The smallest absolute Gasteiger partial charge is 0.311 e. The van der Waals surface area contributed by atoms with Gasteiger partial charge < -0.3 is 9.47 Å². The monoisotopic (exact) mass is 253 g/mol. The number of esters is 1. The maximum atomic E-state index is 11.5. The Morgan fingerprint density at radius 3 is 2.67 bits per heavy atom. The Hall–Kier alpha value is -2.11. The minimum absolute atomic E-state index is 0.0767. The summed E-state index contributed by atoms with van der Waals surface area (Å²) >= 11 is 0. The molecule has 0 aliphatic rings. The van der Waals surface area contributed by atoms with Gasteiger partial charge in [-0.15, -0.1) is 0 Å². The molecule has 6 heteroatoms. The van der Waals surface area contributed by atoms with E-state index in [1.807, 2.05) is 6.92 Å². The van der Waals surface area contributed by atoms with Gasteiger partial charge in [-0.25, -0.2) is 0 Å². The van der Waals surface area contributed by atoms with E-state index in [0.717, 1.165) is 12.8 Å². The topological polar surface area (TPSA) is 78.7 Å². The van der Waals surface area contributed by atoms with Crippen LogP contribution in [-0.4, -0.2) is 18.0 Å². The maximum Gasteiger partial charge on any atom is 0.311 e. The summed E-state index contributed by atoms with van der Waals surface area (Å²) in [5.74, 6) is -0.0473. The van der Waals surface area contributed by atoms with E-state index >= 15 is 0 Å². The van der Waals surface area contributed by atoms with Gasteiger partial charge in [0.25, 0.3) is 5.69 Å². The Bertz CT molecular complexity index is 444. The van der Waals surface area contributed by atoms with Gasteiger partial charge in [0.2, 0.25) is 0 Å². The van der Waals surface area contributed by atoms with Crippen LogP contribution in [0.2, 0.25) is 0 Å². The highest BCUT2D eigenvalue weighted by atomic mass is 16.6. The van der Waals surface area contributed by atoms with Gasteiger partial charge in [-0.3, -0.25) is 14.9 Å². The van der Waals surface area contributed by atoms with E-state index < -0.39 is 10.9 Å². The van der Waals surface area contributed by atoms with Crippen LogP contribution in [0.4, 0.5) is 5.69 Å². The number of rotatable bonds is 6. The lowest BCUT2D eigenvalue weighted by Gasteiger charge is -2.08. The molecule has 0 amide bonds. The first kappa shape index (κ1) is 14.0. The van der Waals surface area contributed by atoms with Crippen LogP contribution in [0.1, 0.15) is 26.2 Å². The van der Waals surface area contributed by atoms with Gasteiger partial charge in [-0.05, 0) is 12.5 Å². The molecule has 0 saturated carbocycles. The SMILES string of the molecule is CCCCC(=O)Oc1cc([N+](=O)[O-])ccc1OC. The highest BCUT2D eigenvalue weighted by Crippen LogP contribution is 2.31. The largest absolute Gasteiger partial charge is 0.493 e. The van der Waals surface area contributed by atoms with E-state index in [1.165, 1.54) is 25.3 Å². The van der Waals surface area contributed by atoms with Crippen LogP contribution in [0.5, 0.6) is 11.5 Å². The van der Waals surface area contributed by atoms with E-state index in [0.29, 0.717) is 5.75 Å². The minimum atomic E-state index is -0.553. The lowest BCUT2D eigenvalue weighted by atomic mass is 10.2. The van der Waals surface area contributed by atoms with Crippen LogP contribution in [0.15, 0.2) is 18.2 Å². The quantitative estimate of drug-likeness (QED) is 0.337. The molecular weight excluding hydrogens is 238 g/mol. The van der Waals surface area contributed by atoms with Crippen LogP contribution in [-0.2, 0) is 4.79 Å². The fraction of sp³-hybridized carbons (Fsp3) is 0.417. The average molecular weight is 253 g/mol. The van der Waals surface area contributed by atoms with Crippen molar-refractivity contribution in [3.05, 3.63) is 28.3 Å². The molecule has 1 aromatic rings. The molecule has 0 saturated heterocycles. The molecular formula is C12H15NO5. The van der Waals surface area contributed by atoms with E-state index in [9.17, 15) is 14.9 Å². The number of ether oxygens (including phenoxy) is 2. The summed E-state index contributed by atoms with van der Waals surface area (Å²) in [4.78, 5) is 21.6. The highest BCUT2D eigenvalue weighted by Gasteiger charge is 2.15. The van der Waals surface area contributed by atoms with E-state index in [-0.39, 0.29) is 17.9 Å². The van der Waals surface area contributed by atoms with Gasteiger partial charge in [0, 0.05) is 12.5 Å². The second-order valence-corrected chi connectivity index (χ2v) is 3.67. The van der Waals surface area contributed by atoms with E-state index in [2.05, 4.69) is 0 Å². The first-order valence-electron chi connectivity index (χ1n) is 5.61. The van der Waals surface area contributed by atoms with Crippen LogP contribution in [0.25, 0.3) is 0 Å². The lowest BCUT2D eigenvalue weighted by Crippen LogP contribution is -2.08. The molecule has 0 fully saturated rings. The van der Waals surface area contributed by atoms with Crippen molar-refractivity contribution < 1.29 is 19.2 Å². The molecule has 0 heterocycles. The summed E-state index contributed by atoms with van der Waals surface area (Å²) in [6.45, 7) is 1.96. The molecule has 1 rings (SSSR count). The second-order valence-electron chi connectivity index (χ2n) is 3.67. The summed E-state index contributed by atoms with van der Waals surface area (Å²) in [5.41, 5.74) is -0.144. The standard InChI is InChI=1S/C12H15NO5/c1-3-4-5-12(14)18-11-8-9(13(15)16)6-7-10(11)17-2/h6-8H,3-5H2,1-2H3. The summed E-state index contributed by atoms with van der Waals surface area (Å²) in [5, 5.41) is 10.6. The number of hydrogen-bond acceptors (Lipinski definition) is 5. The Kier molecular flexibility index (Phi) is 5.10. The first-order chi connectivity index (χ1) is 8.58. The van der Waals surface area contributed by atoms with Gasteiger partial charge in [-0.1, -0.05) is 13.3 Å². The number of carbonyl (C=O) groups excluding carboxylic acids is 1. The van der Waals surface area contributed by atoms with Crippen LogP contribution in [0.3, 0.4) is 0 Å². The Morgan fingerprint density at radius 1 is 1.39 bits per heavy atom. The number of nitro benzene ring substituents is 1. The zero-order chi connectivity index (χ0) is 13.5. The molecule has 98 valence electrons. The molecule has 0 spiro atoms. The molecule has 0 N–H and O–H groups in total. The van der Waals surface area contributed by atoms with Gasteiger partial charge in [0.1, 0.15) is 0 Å². The molecule has 0 atom stereocenters. The molecule has 0 unspecified atom stereocenters. The molecule has 0 aliphatic heterocycles. The highest BCUT2D eigenvalue weighted by molar-refractivity contribution is 5.73. The molecule has 1 aromatic carbocycles. The molecule has 0 bridgehead atoms. The number of benzene rings is 1. The fourth-order valence-corrected chi connectivity index (χ4v) is 1.35. The van der Waals surface area contributed by atoms with Gasteiger partial charge in [-0.2, -0.15) is 0 Å². The van der Waals surface area contributed by atoms with Crippen molar-refractivity contribution in [3.8, 4) is 11.5 Å². The van der Waals surface area contributed by atoms with Gasteiger partial charge in [0.15, 0.2) is 11.5 Å². The third-order valence-corrected chi connectivity index (χ3v) is 2.32. The first-order valence-corrected chi connectivity index (χ1v) is 5.61. The summed E-state index contributed by atoms with van der Waals surface area (Å²) in [6, 6.07) is 3.88. The molecule has 0 aliphatic carbocycles. The van der Waals surface area contributed by atoms with Crippen molar-refractivity contribution in [3.63, 3.8) is 0 Å². The Morgan fingerprint density at radius 2 is 2.11 bits per heavy atom. The van der Waals surface area contributed by atoms with Crippen molar-refractivity contribution in [2.24, 2.45) is 0 Å². The van der Waals surface area contributed by atoms with Crippen molar-refractivity contribution in [2.45, 2.75) is 26.2 Å². The summed E-state index contributed by atoms with van der Waals surface area (Å²) in [7, 11) is 1.41. The average Bonchev–Trinajstić information content (AvgIpc) is 2.36. The van der Waals surface area contributed by atoms with Crippen molar-refractivity contribution in [1.29, 1.82) is 0 Å². The molecule has 0 aromatic heterocycles. The maximum absolute atomic E-state index is 11.5. The third kappa shape index (κ3) is 3.73. The number of methoxy groups -OCH3 is 1. The lowest BCUT2D eigenvalue weighted by molar-refractivity contribution is -0.384. The number of nitro groups is 1. The third-order valence-electron chi connectivity index (χ3n) is 2.32. The predicted octanol–water partition coefficient (Wildman–Crippen LogP) is 2.70. The number of carbonyl (C=O) groups is 1. The second kappa shape index (κ2) is 6.58. The minimum Gasteiger partial charge on any atom is -0.493 e. The number of non-ortho nitro benzene ring substituents is 1. The van der Waals surface area contributed by atoms with Crippen LogP contribution >= 0.6 is 0 Å². The van der Waals surface area contributed by atoms with Crippen molar-refractivity contribution in [1.82, 2.24) is 0 Å². The Labute approximate surface area is 105 Å². The van der Waals surface area contributed by atoms with Crippen LogP contribution < -0.4 is 9.47 Å². The number of unbranched alkanes of at least 4 members (excludes halogenated alkanes) is 1. The fourth-order valence-electron chi connectivity index (χ4n) is 1.35. The van der Waals surface area contributed by atoms with Gasteiger partial charge in [0.05, 0.1) is 18.1 Å². The zero-order valence-corrected chi connectivity index (χ0v) is 10.3. The zero-order valence-electron chi connectivity index (χ0n) is 10.3.